The fourth-order valence-electron chi connectivity index (χ4n) is 8.75. The molecule has 0 spiro atoms. The standard InChI is InChI=1S/C54H34N4S/c1-3-13-35(14-4-1)46-34-47(36-15-5-2-6-16-36)56-54(55-46)37-23-27-41(28-24-37)57-48-20-10-8-18-42(48)44-31-38(25-29-50(44)57)39-26-30-51-45(32-39)43-19-9-11-21-49(43)58(51)53-33-40-17-7-12-22-52(40)59-53/h1-34H. The number of para-hydroxylation sites is 2. The van der Waals surface area contributed by atoms with E-state index < -0.39 is 0 Å². The van der Waals surface area contributed by atoms with Crippen LogP contribution in [-0.4, -0.2) is 19.1 Å². The van der Waals surface area contributed by atoms with Crippen LogP contribution in [0.15, 0.2) is 206 Å². The summed E-state index contributed by atoms with van der Waals surface area (Å²) in [7, 11) is 0. The van der Waals surface area contributed by atoms with Crippen molar-refractivity contribution >= 4 is 65.0 Å². The van der Waals surface area contributed by atoms with Gasteiger partial charge in [0.1, 0.15) is 5.00 Å². The molecule has 0 radical (unpaired) electrons. The molecule has 276 valence electrons. The van der Waals surface area contributed by atoms with E-state index in [0.29, 0.717) is 5.82 Å². The minimum Gasteiger partial charge on any atom is -0.309 e. The first-order chi connectivity index (χ1) is 29.2. The average molecular weight is 771 g/mol. The molecule has 4 aromatic heterocycles. The molecule has 0 amide bonds. The first kappa shape index (κ1) is 33.5. The van der Waals surface area contributed by atoms with E-state index in [4.69, 9.17) is 9.97 Å². The molecule has 0 N–H and O–H groups in total. The van der Waals surface area contributed by atoms with Gasteiger partial charge in [0.25, 0.3) is 0 Å². The Hall–Kier alpha value is -7.60. The Morgan fingerprint density at radius 2 is 0.831 bits per heavy atom. The quantitative estimate of drug-likeness (QED) is 0.169. The third-order valence-electron chi connectivity index (χ3n) is 11.6. The van der Waals surface area contributed by atoms with Gasteiger partial charge in [0.05, 0.1) is 33.5 Å². The summed E-state index contributed by atoms with van der Waals surface area (Å²) >= 11 is 1.84. The van der Waals surface area contributed by atoms with Gasteiger partial charge in [0, 0.05) is 48.6 Å². The lowest BCUT2D eigenvalue weighted by Crippen LogP contribution is -1.97. The fraction of sp³-hybridized carbons (Fsp3) is 0. The van der Waals surface area contributed by atoms with E-state index in [1.807, 2.05) is 23.5 Å². The van der Waals surface area contributed by atoms with Gasteiger partial charge in [-0.3, -0.25) is 0 Å². The van der Waals surface area contributed by atoms with Crippen LogP contribution in [0, 0.1) is 0 Å². The smallest absolute Gasteiger partial charge is 0.160 e. The van der Waals surface area contributed by atoms with Crippen molar-refractivity contribution in [3.8, 4) is 55.7 Å². The molecule has 0 aliphatic heterocycles. The summed E-state index contributed by atoms with van der Waals surface area (Å²) in [5.41, 5.74) is 13.2. The van der Waals surface area contributed by atoms with Gasteiger partial charge >= 0.3 is 0 Å². The van der Waals surface area contributed by atoms with Crippen molar-refractivity contribution < 1.29 is 0 Å². The Balaban J connectivity index is 0.952. The Labute approximate surface area is 344 Å². The van der Waals surface area contributed by atoms with Gasteiger partial charge in [-0.2, -0.15) is 0 Å². The number of hydrogen-bond donors (Lipinski definition) is 0. The molecule has 0 aliphatic rings. The molecule has 12 rings (SSSR count). The molecule has 5 heteroatoms. The zero-order valence-electron chi connectivity index (χ0n) is 31.8. The van der Waals surface area contributed by atoms with E-state index in [1.54, 1.807) is 0 Å². The van der Waals surface area contributed by atoms with Crippen LogP contribution in [0.4, 0.5) is 0 Å². The van der Waals surface area contributed by atoms with E-state index in [1.165, 1.54) is 69.8 Å². The van der Waals surface area contributed by atoms with Crippen molar-refractivity contribution in [3.05, 3.63) is 206 Å². The third-order valence-corrected chi connectivity index (χ3v) is 12.7. The summed E-state index contributed by atoms with van der Waals surface area (Å²) in [5.74, 6) is 0.701. The topological polar surface area (TPSA) is 35.6 Å². The highest BCUT2D eigenvalue weighted by Crippen LogP contribution is 2.40. The zero-order chi connectivity index (χ0) is 38.9. The number of fused-ring (bicyclic) bond motifs is 7. The molecule has 0 saturated heterocycles. The maximum absolute atomic E-state index is 5.07. The molecule has 0 unspecified atom stereocenters. The van der Waals surface area contributed by atoms with Crippen molar-refractivity contribution in [2.45, 2.75) is 0 Å². The van der Waals surface area contributed by atoms with E-state index in [9.17, 15) is 0 Å². The Morgan fingerprint density at radius 3 is 1.44 bits per heavy atom. The van der Waals surface area contributed by atoms with Crippen LogP contribution >= 0.6 is 11.3 Å². The van der Waals surface area contributed by atoms with Gasteiger partial charge < -0.3 is 9.13 Å². The molecule has 0 atom stereocenters. The van der Waals surface area contributed by atoms with Gasteiger partial charge in [-0.15, -0.1) is 11.3 Å². The average Bonchev–Trinajstić information content (AvgIpc) is 3.99. The van der Waals surface area contributed by atoms with Gasteiger partial charge in [0.2, 0.25) is 0 Å². The predicted molar refractivity (Wildman–Crippen MR) is 248 cm³/mol. The molecule has 4 heterocycles. The summed E-state index contributed by atoms with van der Waals surface area (Å²) in [5, 5.41) is 7.48. The summed E-state index contributed by atoms with van der Waals surface area (Å²) in [6.45, 7) is 0. The molecule has 0 fully saturated rings. The second-order valence-electron chi connectivity index (χ2n) is 15.0. The SMILES string of the molecule is c1ccc(-c2cc(-c3ccccc3)nc(-c3ccc(-n4c5ccccc5c5cc(-c6ccc7c(c6)c6ccccc6n7-c6cc7ccccc7s6)ccc54)cc3)n2)cc1. The van der Waals surface area contributed by atoms with Crippen molar-refractivity contribution in [3.63, 3.8) is 0 Å². The highest BCUT2D eigenvalue weighted by molar-refractivity contribution is 7.21. The van der Waals surface area contributed by atoms with Crippen molar-refractivity contribution in [1.82, 2.24) is 19.1 Å². The van der Waals surface area contributed by atoms with Crippen LogP contribution in [-0.2, 0) is 0 Å². The number of hydrogen-bond acceptors (Lipinski definition) is 3. The molecular formula is C54H34N4S. The van der Waals surface area contributed by atoms with E-state index in [0.717, 1.165) is 33.8 Å². The van der Waals surface area contributed by atoms with Crippen molar-refractivity contribution in [2.75, 3.05) is 0 Å². The van der Waals surface area contributed by atoms with Crippen molar-refractivity contribution in [1.29, 1.82) is 0 Å². The number of benzene rings is 8. The summed E-state index contributed by atoms with van der Waals surface area (Å²) in [6.07, 6.45) is 0. The van der Waals surface area contributed by atoms with E-state index in [2.05, 4.69) is 203 Å². The van der Waals surface area contributed by atoms with Crippen LogP contribution in [0.25, 0.3) is 109 Å². The zero-order valence-corrected chi connectivity index (χ0v) is 32.6. The normalized spacial score (nSPS) is 11.7. The fourth-order valence-corrected chi connectivity index (χ4v) is 9.84. The largest absolute Gasteiger partial charge is 0.309 e. The number of aromatic nitrogens is 4. The molecule has 4 nitrogen and oxygen atoms in total. The third kappa shape index (κ3) is 5.58. The van der Waals surface area contributed by atoms with Gasteiger partial charge in [-0.05, 0) is 95.4 Å². The minimum absolute atomic E-state index is 0.701. The van der Waals surface area contributed by atoms with Crippen LogP contribution in [0.5, 0.6) is 0 Å². The second-order valence-corrected chi connectivity index (χ2v) is 16.1. The molecule has 8 aromatic carbocycles. The first-order valence-electron chi connectivity index (χ1n) is 19.9. The predicted octanol–water partition coefficient (Wildman–Crippen LogP) is 14.6. The number of rotatable bonds is 6. The van der Waals surface area contributed by atoms with E-state index >= 15 is 0 Å². The molecule has 0 aliphatic carbocycles. The lowest BCUT2D eigenvalue weighted by molar-refractivity contribution is 1.16. The van der Waals surface area contributed by atoms with Crippen LogP contribution < -0.4 is 0 Å². The van der Waals surface area contributed by atoms with Gasteiger partial charge in [0.15, 0.2) is 5.82 Å². The monoisotopic (exact) mass is 770 g/mol. The van der Waals surface area contributed by atoms with Gasteiger partial charge in [-0.25, -0.2) is 9.97 Å². The lowest BCUT2D eigenvalue weighted by atomic mass is 10.0. The highest BCUT2D eigenvalue weighted by atomic mass is 32.1. The Bertz CT molecular complexity index is 3450. The number of nitrogens with zero attached hydrogens (tertiary/aromatic N) is 4. The molecule has 59 heavy (non-hydrogen) atoms. The molecule has 0 bridgehead atoms. The summed E-state index contributed by atoms with van der Waals surface area (Å²) in [6, 6.07) is 73.7. The molecule has 12 aromatic rings. The maximum atomic E-state index is 5.07. The summed E-state index contributed by atoms with van der Waals surface area (Å²) in [4.78, 5) is 10.1. The van der Waals surface area contributed by atoms with Gasteiger partial charge in [-0.1, -0.05) is 127 Å². The second kappa shape index (κ2) is 13.5. The minimum atomic E-state index is 0.701. The first-order valence-corrected chi connectivity index (χ1v) is 20.7. The highest BCUT2D eigenvalue weighted by Gasteiger charge is 2.18. The Kier molecular flexibility index (Phi) is 7.68. The van der Waals surface area contributed by atoms with Crippen molar-refractivity contribution in [2.24, 2.45) is 0 Å². The number of thiophene rings is 1. The van der Waals surface area contributed by atoms with E-state index in [-0.39, 0.29) is 0 Å². The van der Waals surface area contributed by atoms with Crippen LogP contribution in [0.2, 0.25) is 0 Å². The molecular weight excluding hydrogens is 737 g/mol. The summed E-state index contributed by atoms with van der Waals surface area (Å²) < 4.78 is 6.10. The van der Waals surface area contributed by atoms with Crippen LogP contribution in [0.1, 0.15) is 0 Å². The lowest BCUT2D eigenvalue weighted by Gasteiger charge is -2.11. The maximum Gasteiger partial charge on any atom is 0.160 e. The molecule has 0 saturated carbocycles. The van der Waals surface area contributed by atoms with Crippen LogP contribution in [0.3, 0.4) is 0 Å². The Morgan fingerprint density at radius 1 is 0.339 bits per heavy atom.